The normalized spacial score (nSPS) is 14.9. The van der Waals surface area contributed by atoms with Gasteiger partial charge in [-0.25, -0.2) is 4.98 Å². The third kappa shape index (κ3) is 2.38. The molecule has 2 rings (SSSR count). The Kier molecular flexibility index (Phi) is 3.82. The Morgan fingerprint density at radius 3 is 3.00 bits per heavy atom. The van der Waals surface area contributed by atoms with Crippen molar-refractivity contribution in [1.82, 2.24) is 4.98 Å². The summed E-state index contributed by atoms with van der Waals surface area (Å²) in [5.74, 6) is 1.58. The van der Waals surface area contributed by atoms with Crippen molar-refractivity contribution in [3.63, 3.8) is 0 Å². The topological polar surface area (TPSA) is 24.9 Å². The van der Waals surface area contributed by atoms with E-state index in [1.807, 2.05) is 6.20 Å². The van der Waals surface area contributed by atoms with E-state index in [1.165, 1.54) is 10.1 Å². The maximum absolute atomic E-state index is 4.42. The minimum absolute atomic E-state index is 0.414. The molecule has 0 fully saturated rings. The molecular formula is C12H15BrN2S. The molecule has 2 aromatic heterocycles. The monoisotopic (exact) mass is 298 g/mol. The second kappa shape index (κ2) is 5.15. The minimum atomic E-state index is 0.414. The lowest BCUT2D eigenvalue weighted by Gasteiger charge is -2.20. The predicted octanol–water partition coefficient (Wildman–Crippen LogP) is 4.13. The van der Waals surface area contributed by atoms with Crippen molar-refractivity contribution in [2.45, 2.75) is 19.9 Å². The third-order valence-corrected chi connectivity index (χ3v) is 4.74. The first-order valence-electron chi connectivity index (χ1n) is 5.37. The summed E-state index contributed by atoms with van der Waals surface area (Å²) in [7, 11) is 0. The molecule has 16 heavy (non-hydrogen) atoms. The Balaban J connectivity index is 2.23. The van der Waals surface area contributed by atoms with E-state index < -0.39 is 0 Å². The van der Waals surface area contributed by atoms with E-state index in [-0.39, 0.29) is 0 Å². The van der Waals surface area contributed by atoms with Crippen LogP contribution in [0.5, 0.6) is 0 Å². The Labute approximate surface area is 108 Å². The molecule has 0 amide bonds. The number of hydrogen-bond donors (Lipinski definition) is 1. The van der Waals surface area contributed by atoms with Crippen LogP contribution in [0.25, 0.3) is 10.1 Å². The lowest BCUT2D eigenvalue weighted by molar-refractivity contribution is 0.571. The number of nitrogens with one attached hydrogen (secondary N) is 1. The van der Waals surface area contributed by atoms with Crippen molar-refractivity contribution in [3.05, 3.63) is 23.7 Å². The van der Waals surface area contributed by atoms with Gasteiger partial charge in [0.25, 0.3) is 0 Å². The predicted molar refractivity (Wildman–Crippen MR) is 75.7 cm³/mol. The number of aromatic nitrogens is 1. The van der Waals surface area contributed by atoms with Crippen LogP contribution >= 0.6 is 27.3 Å². The fourth-order valence-electron chi connectivity index (χ4n) is 1.50. The average molecular weight is 299 g/mol. The van der Waals surface area contributed by atoms with Crippen molar-refractivity contribution in [1.29, 1.82) is 0 Å². The van der Waals surface area contributed by atoms with Crippen molar-refractivity contribution < 1.29 is 0 Å². The highest BCUT2D eigenvalue weighted by Gasteiger charge is 2.12. The Hall–Kier alpha value is -0.610. The molecule has 0 radical (unpaired) electrons. The number of halogens is 1. The Morgan fingerprint density at radius 2 is 2.25 bits per heavy atom. The molecule has 2 unspecified atom stereocenters. The largest absolute Gasteiger partial charge is 0.367 e. The van der Waals surface area contributed by atoms with Gasteiger partial charge >= 0.3 is 0 Å². The van der Waals surface area contributed by atoms with Gasteiger partial charge in [0.15, 0.2) is 0 Å². The molecule has 2 atom stereocenters. The first-order chi connectivity index (χ1) is 7.72. The van der Waals surface area contributed by atoms with Gasteiger partial charge in [0.2, 0.25) is 0 Å². The molecule has 0 spiro atoms. The number of rotatable bonds is 4. The van der Waals surface area contributed by atoms with E-state index in [1.54, 1.807) is 11.3 Å². The second-order valence-corrected chi connectivity index (χ2v) is 5.65. The molecule has 1 N–H and O–H groups in total. The van der Waals surface area contributed by atoms with Gasteiger partial charge < -0.3 is 5.32 Å². The SMILES string of the molecule is CC(CBr)C(C)Nc1nccc2sccc12. The van der Waals surface area contributed by atoms with E-state index in [2.05, 4.69) is 57.6 Å². The molecule has 0 saturated carbocycles. The molecule has 0 aliphatic carbocycles. The maximum Gasteiger partial charge on any atom is 0.134 e. The molecule has 0 aliphatic heterocycles. The summed E-state index contributed by atoms with van der Waals surface area (Å²) in [6.07, 6.45) is 1.87. The zero-order valence-electron chi connectivity index (χ0n) is 9.40. The fourth-order valence-corrected chi connectivity index (χ4v) is 2.84. The van der Waals surface area contributed by atoms with E-state index >= 15 is 0 Å². The zero-order chi connectivity index (χ0) is 11.5. The van der Waals surface area contributed by atoms with Crippen LogP contribution in [0, 0.1) is 5.92 Å². The highest BCUT2D eigenvalue weighted by Crippen LogP contribution is 2.26. The number of hydrogen-bond acceptors (Lipinski definition) is 3. The summed E-state index contributed by atoms with van der Waals surface area (Å²) < 4.78 is 1.29. The Bertz CT molecular complexity index is 469. The number of pyridine rings is 1. The number of anilines is 1. The van der Waals surface area contributed by atoms with Gasteiger partial charge in [-0.2, -0.15) is 0 Å². The van der Waals surface area contributed by atoms with Crippen LogP contribution in [0.4, 0.5) is 5.82 Å². The van der Waals surface area contributed by atoms with Crippen molar-refractivity contribution in [3.8, 4) is 0 Å². The molecule has 0 bridgehead atoms. The van der Waals surface area contributed by atoms with Gasteiger partial charge in [0.05, 0.1) is 0 Å². The van der Waals surface area contributed by atoms with E-state index in [0.29, 0.717) is 12.0 Å². The van der Waals surface area contributed by atoms with Crippen LogP contribution < -0.4 is 5.32 Å². The van der Waals surface area contributed by atoms with Gasteiger partial charge in [-0.05, 0) is 30.4 Å². The fraction of sp³-hybridized carbons (Fsp3) is 0.417. The van der Waals surface area contributed by atoms with Gasteiger partial charge in [0, 0.05) is 27.7 Å². The molecule has 0 aromatic carbocycles. The first kappa shape index (κ1) is 11.9. The van der Waals surface area contributed by atoms with Crippen LogP contribution in [-0.4, -0.2) is 16.4 Å². The smallest absolute Gasteiger partial charge is 0.134 e. The number of alkyl halides is 1. The Morgan fingerprint density at radius 1 is 1.44 bits per heavy atom. The van der Waals surface area contributed by atoms with Crippen LogP contribution in [0.3, 0.4) is 0 Å². The van der Waals surface area contributed by atoms with Crippen LogP contribution in [0.2, 0.25) is 0 Å². The third-order valence-electron chi connectivity index (χ3n) is 2.84. The second-order valence-electron chi connectivity index (χ2n) is 4.06. The van der Waals surface area contributed by atoms with Crippen LogP contribution in [0.1, 0.15) is 13.8 Å². The number of nitrogens with zero attached hydrogens (tertiary/aromatic N) is 1. The number of fused-ring (bicyclic) bond motifs is 1. The summed E-state index contributed by atoms with van der Waals surface area (Å²) in [6.45, 7) is 4.42. The van der Waals surface area contributed by atoms with Gasteiger partial charge in [0.1, 0.15) is 5.82 Å². The molecule has 2 aromatic rings. The lowest BCUT2D eigenvalue weighted by atomic mass is 10.1. The summed E-state index contributed by atoms with van der Waals surface area (Å²) in [6, 6.07) is 4.60. The van der Waals surface area contributed by atoms with Gasteiger partial charge in [-0.1, -0.05) is 22.9 Å². The molecule has 2 nitrogen and oxygen atoms in total. The molecule has 0 saturated heterocycles. The van der Waals surface area contributed by atoms with E-state index in [9.17, 15) is 0 Å². The highest BCUT2D eigenvalue weighted by atomic mass is 79.9. The summed E-state index contributed by atoms with van der Waals surface area (Å²) >= 11 is 5.27. The molecular weight excluding hydrogens is 284 g/mol. The molecule has 2 heterocycles. The van der Waals surface area contributed by atoms with Crippen LogP contribution in [-0.2, 0) is 0 Å². The van der Waals surface area contributed by atoms with E-state index in [0.717, 1.165) is 11.1 Å². The summed E-state index contributed by atoms with van der Waals surface area (Å²) in [5, 5.41) is 7.82. The van der Waals surface area contributed by atoms with Crippen molar-refractivity contribution in [2.24, 2.45) is 5.92 Å². The average Bonchev–Trinajstić information content (AvgIpc) is 2.77. The molecule has 0 aliphatic rings. The molecule has 86 valence electrons. The summed E-state index contributed by atoms with van der Waals surface area (Å²) in [5.41, 5.74) is 0. The zero-order valence-corrected chi connectivity index (χ0v) is 11.8. The van der Waals surface area contributed by atoms with Gasteiger partial charge in [-0.15, -0.1) is 11.3 Å². The van der Waals surface area contributed by atoms with Crippen molar-refractivity contribution in [2.75, 3.05) is 10.6 Å². The quantitative estimate of drug-likeness (QED) is 0.859. The molecule has 4 heteroatoms. The van der Waals surface area contributed by atoms with Crippen molar-refractivity contribution >= 4 is 43.2 Å². The standard InChI is InChI=1S/C12H15BrN2S/c1-8(7-13)9(2)15-12-10-4-6-16-11(10)3-5-14-12/h3-6,8-9H,7H2,1-2H3,(H,14,15). The summed E-state index contributed by atoms with van der Waals surface area (Å²) in [4.78, 5) is 4.42. The number of thiophene rings is 1. The lowest BCUT2D eigenvalue weighted by Crippen LogP contribution is -2.25. The van der Waals surface area contributed by atoms with Crippen LogP contribution in [0.15, 0.2) is 23.7 Å². The van der Waals surface area contributed by atoms with E-state index in [4.69, 9.17) is 0 Å². The highest BCUT2D eigenvalue weighted by molar-refractivity contribution is 9.09. The maximum atomic E-state index is 4.42. The first-order valence-corrected chi connectivity index (χ1v) is 7.37. The minimum Gasteiger partial charge on any atom is -0.367 e. The van der Waals surface area contributed by atoms with Gasteiger partial charge in [-0.3, -0.25) is 0 Å².